The number of carboxylic acids is 1. The predicted molar refractivity (Wildman–Crippen MR) is 81.5 cm³/mol. The number of H-pyrrole nitrogens is 1. The fourth-order valence-electron chi connectivity index (χ4n) is 3.21. The van der Waals surface area contributed by atoms with E-state index in [0.29, 0.717) is 23.9 Å². The summed E-state index contributed by atoms with van der Waals surface area (Å²) in [4.78, 5) is 30.8. The number of carboxylic acid groups (broad SMARTS) is 1. The van der Waals surface area contributed by atoms with E-state index < -0.39 is 29.7 Å². The van der Waals surface area contributed by atoms with Crippen molar-refractivity contribution in [1.82, 2.24) is 15.3 Å². The van der Waals surface area contributed by atoms with Crippen LogP contribution in [-0.2, 0) is 4.79 Å². The number of amides is 1. The number of nitrogens with one attached hydrogen (secondary N) is 2. The molecule has 0 saturated heterocycles. The van der Waals surface area contributed by atoms with E-state index in [4.69, 9.17) is 0 Å². The number of hydrogen-bond acceptors (Lipinski definition) is 3. The highest BCUT2D eigenvalue weighted by atomic mass is 19.1. The Hall–Kier alpha value is -2.44. The molecule has 1 amide bonds. The summed E-state index contributed by atoms with van der Waals surface area (Å²) in [5.41, 5.74) is 0.935. The first-order valence-electron chi connectivity index (χ1n) is 7.72. The Morgan fingerprint density at radius 1 is 1.26 bits per heavy atom. The van der Waals surface area contributed by atoms with Gasteiger partial charge < -0.3 is 15.4 Å². The first-order chi connectivity index (χ1) is 11.1. The highest BCUT2D eigenvalue weighted by molar-refractivity contribution is 6.05. The Kier molecular flexibility index (Phi) is 4.27. The van der Waals surface area contributed by atoms with Crippen molar-refractivity contribution in [3.8, 4) is 0 Å². The molecule has 1 aliphatic rings. The summed E-state index contributed by atoms with van der Waals surface area (Å²) in [6.45, 7) is 0. The summed E-state index contributed by atoms with van der Waals surface area (Å²) in [5.74, 6) is -2.53. The zero-order valence-electron chi connectivity index (χ0n) is 12.5. The molecule has 122 valence electrons. The van der Waals surface area contributed by atoms with E-state index in [0.717, 1.165) is 25.3 Å². The van der Waals surface area contributed by atoms with Crippen LogP contribution in [-0.4, -0.2) is 33.0 Å². The Balaban J connectivity index is 1.87. The van der Waals surface area contributed by atoms with E-state index in [1.165, 1.54) is 12.4 Å². The number of aliphatic carboxylic acids is 1. The van der Waals surface area contributed by atoms with E-state index in [2.05, 4.69) is 15.3 Å². The quantitative estimate of drug-likeness (QED) is 0.757. The lowest BCUT2D eigenvalue weighted by Gasteiger charge is -2.23. The molecule has 2 atom stereocenters. The maximum atomic E-state index is 13.7. The Morgan fingerprint density at radius 3 is 2.83 bits per heavy atom. The number of benzene rings is 1. The summed E-state index contributed by atoms with van der Waals surface area (Å²) >= 11 is 0. The maximum absolute atomic E-state index is 13.7. The lowest BCUT2D eigenvalue weighted by molar-refractivity contribution is -0.142. The molecule has 1 fully saturated rings. The van der Waals surface area contributed by atoms with Crippen molar-refractivity contribution in [2.24, 2.45) is 5.92 Å². The molecule has 3 N–H and O–H groups in total. The van der Waals surface area contributed by atoms with Crippen molar-refractivity contribution < 1.29 is 19.1 Å². The van der Waals surface area contributed by atoms with Gasteiger partial charge in [0.25, 0.3) is 5.91 Å². The van der Waals surface area contributed by atoms with Crippen LogP contribution in [0.4, 0.5) is 4.39 Å². The molecule has 23 heavy (non-hydrogen) atoms. The standard InChI is InChI=1S/C16H18FN3O3/c17-9-6-11(14-13(7-9)18-8-19-14)15(21)20-12-5-3-1-2-4-10(12)16(22)23/h6-8,10,12H,1-5H2,(H,18,19)(H,20,21)(H,22,23)/t10-,12+/m1/s1. The minimum Gasteiger partial charge on any atom is -0.481 e. The zero-order valence-corrected chi connectivity index (χ0v) is 12.5. The molecule has 1 aromatic heterocycles. The van der Waals surface area contributed by atoms with Gasteiger partial charge in [-0.05, 0) is 25.0 Å². The molecular weight excluding hydrogens is 301 g/mol. The van der Waals surface area contributed by atoms with Crippen LogP contribution in [0.1, 0.15) is 42.5 Å². The number of halogens is 1. The number of fused-ring (bicyclic) bond motifs is 1. The van der Waals surface area contributed by atoms with E-state index in [-0.39, 0.29) is 5.56 Å². The predicted octanol–water partition coefficient (Wildman–Crippen LogP) is 2.47. The Labute approximate surface area is 132 Å². The van der Waals surface area contributed by atoms with E-state index in [1.54, 1.807) is 0 Å². The van der Waals surface area contributed by atoms with Crippen molar-refractivity contribution in [2.45, 2.75) is 38.1 Å². The third kappa shape index (κ3) is 3.18. The van der Waals surface area contributed by atoms with Crippen LogP contribution in [0.3, 0.4) is 0 Å². The minimum absolute atomic E-state index is 0.120. The summed E-state index contributed by atoms with van der Waals surface area (Å²) in [5, 5.41) is 12.1. The topological polar surface area (TPSA) is 95.1 Å². The fraction of sp³-hybridized carbons (Fsp3) is 0.438. The largest absolute Gasteiger partial charge is 0.481 e. The van der Waals surface area contributed by atoms with E-state index in [1.807, 2.05) is 0 Å². The average Bonchev–Trinajstić information content (AvgIpc) is 2.84. The van der Waals surface area contributed by atoms with E-state index >= 15 is 0 Å². The summed E-state index contributed by atoms with van der Waals surface area (Å²) in [6, 6.07) is 1.95. The van der Waals surface area contributed by atoms with Gasteiger partial charge in [-0.15, -0.1) is 0 Å². The molecule has 0 aliphatic heterocycles. The number of aromatic nitrogens is 2. The van der Waals surface area contributed by atoms with Crippen molar-refractivity contribution in [3.05, 3.63) is 29.8 Å². The van der Waals surface area contributed by atoms with Crippen LogP contribution in [0.25, 0.3) is 11.0 Å². The smallest absolute Gasteiger partial charge is 0.308 e. The van der Waals surface area contributed by atoms with Crippen LogP contribution < -0.4 is 5.32 Å². The number of aromatic amines is 1. The molecule has 0 radical (unpaired) electrons. The molecule has 0 unspecified atom stereocenters. The van der Waals surface area contributed by atoms with Gasteiger partial charge in [0, 0.05) is 6.04 Å². The van der Waals surface area contributed by atoms with Crippen LogP contribution in [0.15, 0.2) is 18.5 Å². The van der Waals surface area contributed by atoms with Gasteiger partial charge in [-0.1, -0.05) is 19.3 Å². The van der Waals surface area contributed by atoms with Gasteiger partial charge in [0.1, 0.15) is 11.3 Å². The maximum Gasteiger partial charge on any atom is 0.308 e. The average molecular weight is 319 g/mol. The SMILES string of the molecule is O=C(N[C@H]1CCCCC[C@H]1C(=O)O)c1cc(F)cc2[nH]cnc12. The highest BCUT2D eigenvalue weighted by Gasteiger charge is 2.31. The van der Waals surface area contributed by atoms with Crippen molar-refractivity contribution in [2.75, 3.05) is 0 Å². The van der Waals surface area contributed by atoms with Crippen molar-refractivity contribution in [1.29, 1.82) is 0 Å². The molecule has 1 aliphatic carbocycles. The molecule has 2 aromatic rings. The molecule has 6 nitrogen and oxygen atoms in total. The van der Waals surface area contributed by atoms with Gasteiger partial charge in [0.05, 0.1) is 23.3 Å². The number of rotatable bonds is 3. The summed E-state index contributed by atoms with van der Waals surface area (Å²) < 4.78 is 13.7. The third-order valence-electron chi connectivity index (χ3n) is 4.38. The van der Waals surface area contributed by atoms with Crippen LogP contribution in [0.5, 0.6) is 0 Å². The van der Waals surface area contributed by atoms with E-state index in [9.17, 15) is 19.1 Å². The van der Waals surface area contributed by atoms with Gasteiger partial charge in [-0.2, -0.15) is 0 Å². The van der Waals surface area contributed by atoms with Gasteiger partial charge in [-0.25, -0.2) is 9.37 Å². The molecule has 3 rings (SSSR count). The van der Waals surface area contributed by atoms with Gasteiger partial charge in [0.2, 0.25) is 0 Å². The number of imidazole rings is 1. The summed E-state index contributed by atoms with van der Waals surface area (Å²) in [7, 11) is 0. The summed E-state index contributed by atoms with van der Waals surface area (Å²) in [6.07, 6.45) is 5.22. The molecule has 1 aromatic carbocycles. The minimum atomic E-state index is -0.902. The number of hydrogen-bond donors (Lipinski definition) is 3. The molecule has 0 spiro atoms. The van der Waals surface area contributed by atoms with Crippen LogP contribution >= 0.6 is 0 Å². The third-order valence-corrected chi connectivity index (χ3v) is 4.38. The van der Waals surface area contributed by atoms with Gasteiger partial charge >= 0.3 is 5.97 Å². The van der Waals surface area contributed by atoms with Crippen molar-refractivity contribution >= 4 is 22.9 Å². The van der Waals surface area contributed by atoms with Gasteiger partial charge in [-0.3, -0.25) is 9.59 Å². The van der Waals surface area contributed by atoms with Gasteiger partial charge in [0.15, 0.2) is 0 Å². The zero-order chi connectivity index (χ0) is 16.4. The molecular formula is C16H18FN3O3. The lowest BCUT2D eigenvalue weighted by Crippen LogP contribution is -2.42. The lowest BCUT2D eigenvalue weighted by atomic mass is 9.94. The first-order valence-corrected chi connectivity index (χ1v) is 7.72. The van der Waals surface area contributed by atoms with Crippen molar-refractivity contribution in [3.63, 3.8) is 0 Å². The highest BCUT2D eigenvalue weighted by Crippen LogP contribution is 2.25. The fourth-order valence-corrected chi connectivity index (χ4v) is 3.21. The second-order valence-corrected chi connectivity index (χ2v) is 5.91. The number of carbonyl (C=O) groups excluding carboxylic acids is 1. The normalized spacial score (nSPS) is 21.8. The monoisotopic (exact) mass is 319 g/mol. The molecule has 1 heterocycles. The second kappa shape index (κ2) is 6.36. The first kappa shape index (κ1) is 15.5. The molecule has 0 bridgehead atoms. The molecule has 7 heteroatoms. The van der Waals surface area contributed by atoms with Crippen LogP contribution in [0, 0.1) is 11.7 Å². The Bertz CT molecular complexity index is 743. The number of nitrogens with zero attached hydrogens (tertiary/aromatic N) is 1. The van der Waals surface area contributed by atoms with Crippen LogP contribution in [0.2, 0.25) is 0 Å². The molecule has 1 saturated carbocycles. The second-order valence-electron chi connectivity index (χ2n) is 5.91. The Morgan fingerprint density at radius 2 is 2.04 bits per heavy atom. The number of carbonyl (C=O) groups is 2.